The fourth-order valence-electron chi connectivity index (χ4n) is 1.31. The summed E-state index contributed by atoms with van der Waals surface area (Å²) >= 11 is 0. The van der Waals surface area contributed by atoms with Crippen LogP contribution in [-0.4, -0.2) is 11.0 Å². The van der Waals surface area contributed by atoms with E-state index in [4.69, 9.17) is 0 Å². The van der Waals surface area contributed by atoms with E-state index in [2.05, 4.69) is 15.6 Å². The van der Waals surface area contributed by atoms with Crippen molar-refractivity contribution in [3.63, 3.8) is 0 Å². The van der Waals surface area contributed by atoms with Crippen LogP contribution >= 0.6 is 0 Å². The normalized spacial score (nSPS) is 15.1. The number of anilines is 1. The maximum Gasteiger partial charge on any atom is 0.324 e. The molecule has 0 atom stereocenters. The molecule has 1 saturated carbocycles. The van der Waals surface area contributed by atoms with Crippen molar-refractivity contribution in [2.24, 2.45) is 5.92 Å². The summed E-state index contributed by atoms with van der Waals surface area (Å²) in [5, 5.41) is 5.35. The zero-order chi connectivity index (χ0) is 11.4. The number of aryl methyl sites for hydroxylation is 1. The summed E-state index contributed by atoms with van der Waals surface area (Å²) in [6, 6.07) is 3.49. The van der Waals surface area contributed by atoms with E-state index in [1.54, 1.807) is 12.4 Å². The largest absolute Gasteiger partial charge is 0.324 e. The Labute approximate surface area is 94.8 Å². The van der Waals surface area contributed by atoms with E-state index in [-0.39, 0.29) is 6.03 Å². The van der Waals surface area contributed by atoms with Crippen LogP contribution in [0, 0.1) is 12.8 Å². The number of hydrogen-bond donors (Lipinski definition) is 2. The molecule has 0 aromatic carbocycles. The van der Waals surface area contributed by atoms with Crippen LogP contribution in [-0.2, 0) is 0 Å². The molecule has 0 unspecified atom stereocenters. The molecule has 0 aliphatic heterocycles. The number of carbonyl (C=O) groups is 1. The molecule has 0 saturated heterocycles. The minimum atomic E-state index is -0.251. The van der Waals surface area contributed by atoms with Crippen LogP contribution < -0.4 is 10.6 Å². The van der Waals surface area contributed by atoms with Gasteiger partial charge in [-0.25, -0.2) is 9.78 Å². The number of rotatable bonds is 3. The van der Waals surface area contributed by atoms with E-state index in [9.17, 15) is 4.79 Å². The summed E-state index contributed by atoms with van der Waals surface area (Å²) in [5.41, 5.74) is 0.948. The highest BCUT2D eigenvalue weighted by Crippen LogP contribution is 2.29. The first-order valence-corrected chi connectivity index (χ1v) is 5.41. The van der Waals surface area contributed by atoms with Crippen LogP contribution in [0.1, 0.15) is 18.4 Å². The number of hydrogen-bond acceptors (Lipinski definition) is 2. The molecule has 4 heteroatoms. The summed E-state index contributed by atoms with van der Waals surface area (Å²) in [4.78, 5) is 15.5. The van der Waals surface area contributed by atoms with Gasteiger partial charge >= 0.3 is 6.03 Å². The highest BCUT2D eigenvalue weighted by Gasteiger charge is 2.17. The van der Waals surface area contributed by atoms with Gasteiger partial charge in [-0.1, -0.05) is 12.1 Å². The molecule has 2 rings (SSSR count). The molecule has 84 valence electrons. The predicted molar refractivity (Wildman–Crippen MR) is 63.0 cm³/mol. The van der Waals surface area contributed by atoms with Gasteiger partial charge in [0.1, 0.15) is 5.82 Å². The van der Waals surface area contributed by atoms with E-state index < -0.39 is 0 Å². The smallest absolute Gasteiger partial charge is 0.315 e. The maximum atomic E-state index is 11.5. The lowest BCUT2D eigenvalue weighted by Crippen LogP contribution is -2.24. The van der Waals surface area contributed by atoms with Gasteiger partial charge in [-0.15, -0.1) is 0 Å². The Hall–Kier alpha value is -1.84. The number of nitrogens with one attached hydrogen (secondary N) is 2. The van der Waals surface area contributed by atoms with Gasteiger partial charge in [0, 0.05) is 12.4 Å². The first kappa shape index (κ1) is 10.7. The van der Waals surface area contributed by atoms with Gasteiger partial charge in [0.05, 0.1) is 0 Å². The summed E-state index contributed by atoms with van der Waals surface area (Å²) in [5.74, 6) is 1.26. The third-order valence-electron chi connectivity index (χ3n) is 2.45. The van der Waals surface area contributed by atoms with Crippen molar-refractivity contribution < 1.29 is 4.79 Å². The number of pyridine rings is 1. The SMILES string of the molecule is Cc1cccnc1NC(=O)N/C=C/C1CC1. The molecule has 1 heterocycles. The molecule has 16 heavy (non-hydrogen) atoms. The van der Waals surface area contributed by atoms with Gasteiger partial charge in [0.25, 0.3) is 0 Å². The van der Waals surface area contributed by atoms with E-state index in [0.717, 1.165) is 5.56 Å². The Morgan fingerprint density at radius 1 is 1.56 bits per heavy atom. The average Bonchev–Trinajstić information content (AvgIpc) is 3.05. The van der Waals surface area contributed by atoms with Crippen molar-refractivity contribution in [2.45, 2.75) is 19.8 Å². The van der Waals surface area contributed by atoms with Crippen molar-refractivity contribution in [3.05, 3.63) is 36.2 Å². The second-order valence-corrected chi connectivity index (χ2v) is 3.96. The van der Waals surface area contributed by atoms with Gasteiger partial charge in [0.15, 0.2) is 0 Å². The quantitative estimate of drug-likeness (QED) is 0.817. The Bertz CT molecular complexity index is 410. The van der Waals surface area contributed by atoms with Crippen molar-refractivity contribution >= 4 is 11.8 Å². The van der Waals surface area contributed by atoms with Crippen LogP contribution in [0.15, 0.2) is 30.6 Å². The monoisotopic (exact) mass is 217 g/mol. The molecule has 1 aromatic heterocycles. The Morgan fingerprint density at radius 2 is 2.38 bits per heavy atom. The van der Waals surface area contributed by atoms with E-state index >= 15 is 0 Å². The number of carbonyl (C=O) groups excluding carboxylic acids is 1. The lowest BCUT2D eigenvalue weighted by molar-refractivity contribution is 0.255. The summed E-state index contributed by atoms with van der Waals surface area (Å²) in [6.45, 7) is 1.91. The lowest BCUT2D eigenvalue weighted by atomic mass is 10.3. The van der Waals surface area contributed by atoms with Gasteiger partial charge in [-0.05, 0) is 37.3 Å². The molecule has 0 spiro atoms. The van der Waals surface area contributed by atoms with Crippen molar-refractivity contribution in [3.8, 4) is 0 Å². The molecular formula is C12H15N3O. The minimum Gasteiger partial charge on any atom is -0.315 e. The van der Waals surface area contributed by atoms with Crippen molar-refractivity contribution in [2.75, 3.05) is 5.32 Å². The zero-order valence-corrected chi connectivity index (χ0v) is 9.23. The van der Waals surface area contributed by atoms with Gasteiger partial charge in [0.2, 0.25) is 0 Å². The number of amides is 2. The molecular weight excluding hydrogens is 202 g/mol. The molecule has 2 amide bonds. The second kappa shape index (κ2) is 4.79. The van der Waals surface area contributed by atoms with Crippen molar-refractivity contribution in [1.29, 1.82) is 0 Å². The fourth-order valence-corrected chi connectivity index (χ4v) is 1.31. The third-order valence-corrected chi connectivity index (χ3v) is 2.45. The van der Waals surface area contributed by atoms with Crippen LogP contribution in [0.2, 0.25) is 0 Å². The molecule has 1 fully saturated rings. The van der Waals surface area contributed by atoms with Crippen LogP contribution in [0.5, 0.6) is 0 Å². The molecule has 2 N–H and O–H groups in total. The summed E-state index contributed by atoms with van der Waals surface area (Å²) < 4.78 is 0. The molecule has 1 aromatic rings. The highest BCUT2D eigenvalue weighted by molar-refractivity contribution is 5.89. The number of nitrogens with zero attached hydrogens (tertiary/aromatic N) is 1. The van der Waals surface area contributed by atoms with Crippen molar-refractivity contribution in [1.82, 2.24) is 10.3 Å². The third kappa shape index (κ3) is 3.08. The van der Waals surface area contributed by atoms with E-state index in [1.807, 2.05) is 25.1 Å². The van der Waals surface area contributed by atoms with Crippen LogP contribution in [0.25, 0.3) is 0 Å². The standard InChI is InChI=1S/C12H15N3O/c1-9-3-2-7-13-11(9)15-12(16)14-8-6-10-4-5-10/h2-3,6-8,10H,4-5H2,1H3,(H2,13,14,15,16)/b8-6+. The maximum absolute atomic E-state index is 11.5. The Kier molecular flexibility index (Phi) is 3.19. The highest BCUT2D eigenvalue weighted by atomic mass is 16.2. The average molecular weight is 217 g/mol. The van der Waals surface area contributed by atoms with Gasteiger partial charge < -0.3 is 5.32 Å². The molecule has 0 bridgehead atoms. The van der Waals surface area contributed by atoms with Gasteiger partial charge in [-0.3, -0.25) is 5.32 Å². The molecule has 4 nitrogen and oxygen atoms in total. The topological polar surface area (TPSA) is 54.0 Å². The van der Waals surface area contributed by atoms with E-state index in [0.29, 0.717) is 11.7 Å². The van der Waals surface area contributed by atoms with Crippen LogP contribution in [0.4, 0.5) is 10.6 Å². The summed E-state index contributed by atoms with van der Waals surface area (Å²) in [7, 11) is 0. The van der Waals surface area contributed by atoms with Gasteiger partial charge in [-0.2, -0.15) is 0 Å². The Balaban J connectivity index is 1.84. The number of aromatic nitrogens is 1. The minimum absolute atomic E-state index is 0.251. The zero-order valence-electron chi connectivity index (χ0n) is 9.23. The Morgan fingerprint density at radius 3 is 3.06 bits per heavy atom. The lowest BCUT2D eigenvalue weighted by Gasteiger charge is -2.05. The fraction of sp³-hybridized carbons (Fsp3) is 0.333. The summed E-state index contributed by atoms with van der Waals surface area (Å²) in [6.07, 6.45) is 7.84. The van der Waals surface area contributed by atoms with Crippen LogP contribution in [0.3, 0.4) is 0 Å². The number of urea groups is 1. The number of allylic oxidation sites excluding steroid dienone is 1. The predicted octanol–water partition coefficient (Wildman–Crippen LogP) is 2.44. The molecule has 1 aliphatic carbocycles. The second-order valence-electron chi connectivity index (χ2n) is 3.96. The molecule has 1 aliphatic rings. The van der Waals surface area contributed by atoms with E-state index in [1.165, 1.54) is 12.8 Å². The molecule has 0 radical (unpaired) electrons. The first-order valence-electron chi connectivity index (χ1n) is 5.41. The first-order chi connectivity index (χ1) is 7.75.